The zero-order valence-corrected chi connectivity index (χ0v) is 12.8. The summed E-state index contributed by atoms with van der Waals surface area (Å²) in [6.45, 7) is 6.10. The second kappa shape index (κ2) is 6.95. The summed E-state index contributed by atoms with van der Waals surface area (Å²) in [5, 5.41) is 9.11. The Balaban J connectivity index is 2.26. The van der Waals surface area contributed by atoms with E-state index in [9.17, 15) is 0 Å². The second-order valence-electron chi connectivity index (χ2n) is 5.56. The first-order chi connectivity index (χ1) is 10.1. The van der Waals surface area contributed by atoms with Gasteiger partial charge in [0.05, 0.1) is 12.2 Å². The highest BCUT2D eigenvalue weighted by atomic mass is 16.5. The molecule has 0 bridgehead atoms. The van der Waals surface area contributed by atoms with E-state index in [0.717, 1.165) is 11.3 Å². The molecule has 2 aromatic rings. The Bertz CT molecular complexity index is 606. The molecule has 0 unspecified atom stereocenters. The smallest absolute Gasteiger partial charge is 0.119 e. The predicted octanol–water partition coefficient (Wildman–Crippen LogP) is 4.83. The molecule has 0 heterocycles. The van der Waals surface area contributed by atoms with Crippen molar-refractivity contribution in [1.29, 1.82) is 5.26 Å². The highest BCUT2D eigenvalue weighted by molar-refractivity contribution is 5.37. The van der Waals surface area contributed by atoms with Crippen molar-refractivity contribution in [3.8, 4) is 11.8 Å². The lowest BCUT2D eigenvalue weighted by atomic mass is 9.88. The standard InChI is InChI=1S/C19H21NO/c1-14(2)21-18-10-8-17(9-11-18)19(12-13-20)16-6-4-15(3)5-7-16/h4-11,14,19H,12H2,1-3H3/t19-/m0/s1. The fourth-order valence-electron chi connectivity index (χ4n) is 2.37. The fourth-order valence-corrected chi connectivity index (χ4v) is 2.37. The highest BCUT2D eigenvalue weighted by Crippen LogP contribution is 2.29. The molecule has 21 heavy (non-hydrogen) atoms. The van der Waals surface area contributed by atoms with Crippen molar-refractivity contribution in [2.24, 2.45) is 0 Å². The minimum atomic E-state index is 0.115. The predicted molar refractivity (Wildman–Crippen MR) is 85.5 cm³/mol. The van der Waals surface area contributed by atoms with Crippen LogP contribution in [-0.2, 0) is 0 Å². The summed E-state index contributed by atoms with van der Waals surface area (Å²) in [6.07, 6.45) is 0.649. The number of nitrogens with zero attached hydrogens (tertiary/aromatic N) is 1. The zero-order valence-electron chi connectivity index (χ0n) is 12.8. The Kier molecular flexibility index (Phi) is 5.00. The van der Waals surface area contributed by atoms with E-state index in [2.05, 4.69) is 49.4 Å². The summed E-state index contributed by atoms with van der Waals surface area (Å²) in [4.78, 5) is 0. The van der Waals surface area contributed by atoms with Crippen molar-refractivity contribution in [2.45, 2.75) is 39.2 Å². The maximum atomic E-state index is 9.11. The number of aryl methyl sites for hydroxylation is 1. The molecule has 2 rings (SSSR count). The lowest BCUT2D eigenvalue weighted by Crippen LogP contribution is -2.06. The SMILES string of the molecule is Cc1ccc([C@H](CC#N)c2ccc(OC(C)C)cc2)cc1. The number of rotatable bonds is 5. The van der Waals surface area contributed by atoms with E-state index < -0.39 is 0 Å². The Hall–Kier alpha value is -2.27. The van der Waals surface area contributed by atoms with Crippen LogP contribution in [0.5, 0.6) is 5.75 Å². The largest absolute Gasteiger partial charge is 0.491 e. The fraction of sp³-hybridized carbons (Fsp3) is 0.316. The second-order valence-corrected chi connectivity index (χ2v) is 5.56. The first-order valence-electron chi connectivity index (χ1n) is 7.30. The molecular formula is C19H21NO. The summed E-state index contributed by atoms with van der Waals surface area (Å²) in [5.41, 5.74) is 3.56. The minimum absolute atomic E-state index is 0.115. The summed E-state index contributed by atoms with van der Waals surface area (Å²) >= 11 is 0. The van der Waals surface area contributed by atoms with E-state index in [1.165, 1.54) is 11.1 Å². The summed E-state index contributed by atoms with van der Waals surface area (Å²) in [6, 6.07) is 18.8. The lowest BCUT2D eigenvalue weighted by molar-refractivity contribution is 0.242. The number of ether oxygens (including phenoxy) is 1. The first kappa shape index (κ1) is 15.1. The Morgan fingerprint density at radius 1 is 0.952 bits per heavy atom. The van der Waals surface area contributed by atoms with E-state index in [4.69, 9.17) is 10.00 Å². The molecule has 108 valence electrons. The molecule has 0 N–H and O–H groups in total. The van der Waals surface area contributed by atoms with Crippen molar-refractivity contribution in [2.75, 3.05) is 0 Å². The van der Waals surface area contributed by atoms with E-state index in [-0.39, 0.29) is 12.0 Å². The molecule has 0 aliphatic heterocycles. The van der Waals surface area contributed by atoms with Crippen molar-refractivity contribution in [3.63, 3.8) is 0 Å². The van der Waals surface area contributed by atoms with Crippen LogP contribution >= 0.6 is 0 Å². The molecule has 0 saturated carbocycles. The van der Waals surface area contributed by atoms with Crippen LogP contribution in [0.15, 0.2) is 48.5 Å². The number of benzene rings is 2. The van der Waals surface area contributed by atoms with Gasteiger partial charge in [0.2, 0.25) is 0 Å². The van der Waals surface area contributed by atoms with Crippen LogP contribution in [0.2, 0.25) is 0 Å². The number of hydrogen-bond donors (Lipinski definition) is 0. The van der Waals surface area contributed by atoms with Gasteiger partial charge in [-0.2, -0.15) is 5.26 Å². The zero-order chi connectivity index (χ0) is 15.2. The summed E-state index contributed by atoms with van der Waals surface area (Å²) in [7, 11) is 0. The van der Waals surface area contributed by atoms with Crippen LogP contribution in [-0.4, -0.2) is 6.10 Å². The molecule has 2 aromatic carbocycles. The molecule has 0 aliphatic carbocycles. The van der Waals surface area contributed by atoms with Crippen LogP contribution < -0.4 is 4.74 Å². The van der Waals surface area contributed by atoms with Gasteiger partial charge in [-0.05, 0) is 44.0 Å². The minimum Gasteiger partial charge on any atom is -0.491 e. The van der Waals surface area contributed by atoms with E-state index in [0.29, 0.717) is 6.42 Å². The van der Waals surface area contributed by atoms with Gasteiger partial charge in [0.1, 0.15) is 5.75 Å². The average Bonchev–Trinajstić information content (AvgIpc) is 2.46. The number of nitriles is 1. The molecule has 0 aromatic heterocycles. The Labute approximate surface area is 127 Å². The molecule has 1 atom stereocenters. The number of hydrogen-bond acceptors (Lipinski definition) is 2. The van der Waals surface area contributed by atoms with Gasteiger partial charge in [0.15, 0.2) is 0 Å². The average molecular weight is 279 g/mol. The highest BCUT2D eigenvalue weighted by Gasteiger charge is 2.14. The third kappa shape index (κ3) is 4.10. The molecule has 0 saturated heterocycles. The normalized spacial score (nSPS) is 12.0. The van der Waals surface area contributed by atoms with Gasteiger partial charge in [0, 0.05) is 12.3 Å². The van der Waals surface area contributed by atoms with Crippen molar-refractivity contribution >= 4 is 0 Å². The topological polar surface area (TPSA) is 33.0 Å². The van der Waals surface area contributed by atoms with Gasteiger partial charge in [-0.1, -0.05) is 42.0 Å². The summed E-state index contributed by atoms with van der Waals surface area (Å²) < 4.78 is 5.67. The maximum absolute atomic E-state index is 9.11. The van der Waals surface area contributed by atoms with Crippen molar-refractivity contribution in [1.82, 2.24) is 0 Å². The molecule has 0 amide bonds. The Morgan fingerprint density at radius 2 is 1.48 bits per heavy atom. The van der Waals surface area contributed by atoms with E-state index in [1.807, 2.05) is 26.0 Å². The third-order valence-corrected chi connectivity index (χ3v) is 3.43. The molecule has 0 fully saturated rings. The van der Waals surface area contributed by atoms with Crippen molar-refractivity contribution in [3.05, 3.63) is 65.2 Å². The summed E-state index contributed by atoms with van der Waals surface area (Å²) in [5.74, 6) is 0.983. The van der Waals surface area contributed by atoms with Gasteiger partial charge in [-0.15, -0.1) is 0 Å². The van der Waals surface area contributed by atoms with E-state index in [1.54, 1.807) is 0 Å². The van der Waals surface area contributed by atoms with Gasteiger partial charge in [-0.25, -0.2) is 0 Å². The molecular weight excluding hydrogens is 258 g/mol. The van der Waals surface area contributed by atoms with Gasteiger partial charge < -0.3 is 4.74 Å². The lowest BCUT2D eigenvalue weighted by Gasteiger charge is -2.16. The molecule has 0 spiro atoms. The van der Waals surface area contributed by atoms with Crippen LogP contribution in [0.4, 0.5) is 0 Å². The first-order valence-corrected chi connectivity index (χ1v) is 7.30. The quantitative estimate of drug-likeness (QED) is 0.785. The molecule has 2 nitrogen and oxygen atoms in total. The van der Waals surface area contributed by atoms with Gasteiger partial charge in [-0.3, -0.25) is 0 Å². The van der Waals surface area contributed by atoms with Crippen molar-refractivity contribution < 1.29 is 4.74 Å². The van der Waals surface area contributed by atoms with Crippen LogP contribution in [0.25, 0.3) is 0 Å². The van der Waals surface area contributed by atoms with Crippen LogP contribution in [0, 0.1) is 18.3 Å². The van der Waals surface area contributed by atoms with Crippen LogP contribution in [0.3, 0.4) is 0 Å². The Morgan fingerprint density at radius 3 is 1.95 bits per heavy atom. The molecule has 0 aliphatic rings. The van der Waals surface area contributed by atoms with Gasteiger partial charge >= 0.3 is 0 Å². The van der Waals surface area contributed by atoms with E-state index >= 15 is 0 Å². The maximum Gasteiger partial charge on any atom is 0.119 e. The molecule has 2 heteroatoms. The van der Waals surface area contributed by atoms with Crippen LogP contribution in [0.1, 0.15) is 42.9 Å². The molecule has 0 radical (unpaired) electrons. The monoisotopic (exact) mass is 279 g/mol. The third-order valence-electron chi connectivity index (χ3n) is 3.43. The van der Waals surface area contributed by atoms with Gasteiger partial charge in [0.25, 0.3) is 0 Å².